The molecule has 0 saturated carbocycles. The summed E-state index contributed by atoms with van der Waals surface area (Å²) in [6.07, 6.45) is 0.123. The molecule has 0 fully saturated rings. The van der Waals surface area contributed by atoms with Crippen molar-refractivity contribution in [3.8, 4) is 0 Å². The van der Waals surface area contributed by atoms with Gasteiger partial charge in [-0.3, -0.25) is 15.5 Å². The molecule has 0 aliphatic heterocycles. The van der Waals surface area contributed by atoms with Gasteiger partial charge in [-0.05, 0) is 6.92 Å². The molecule has 0 bridgehead atoms. The molecule has 5 nitrogen and oxygen atoms in total. The molecule has 0 atom stereocenters. The Balaban J connectivity index is 3.21. The molecule has 0 spiro atoms. The number of rotatable bonds is 3. The highest BCUT2D eigenvalue weighted by atomic mass is 16.6. The highest BCUT2D eigenvalue weighted by molar-refractivity contribution is 5.80. The van der Waals surface area contributed by atoms with Crippen LogP contribution in [-0.2, 0) is 6.42 Å². The summed E-state index contributed by atoms with van der Waals surface area (Å²) in [5.74, 6) is -0.0706. The minimum Gasteiger partial charge on any atom is -0.387 e. The van der Waals surface area contributed by atoms with Crippen LogP contribution < -0.4 is 5.73 Å². The standard InChI is InChI=1S/C9H11N3O2/c1-6-3-2-4-7(5-8(10)11)9(6)12(13)14/h2-4H,5H2,1H3,(H3,10,11). The van der Waals surface area contributed by atoms with E-state index in [1.165, 1.54) is 0 Å². The number of benzene rings is 1. The lowest BCUT2D eigenvalue weighted by Crippen LogP contribution is -2.14. The van der Waals surface area contributed by atoms with Crippen LogP contribution in [0, 0.1) is 22.4 Å². The maximum Gasteiger partial charge on any atom is 0.275 e. The SMILES string of the molecule is Cc1cccc(CC(=N)N)c1[N+](=O)[O-]. The molecule has 0 aliphatic carbocycles. The van der Waals surface area contributed by atoms with E-state index in [0.29, 0.717) is 11.1 Å². The largest absolute Gasteiger partial charge is 0.387 e. The van der Waals surface area contributed by atoms with Gasteiger partial charge in [-0.15, -0.1) is 0 Å². The summed E-state index contributed by atoms with van der Waals surface area (Å²) in [6, 6.07) is 5.01. The van der Waals surface area contributed by atoms with Crippen LogP contribution in [0.3, 0.4) is 0 Å². The Morgan fingerprint density at radius 3 is 2.79 bits per heavy atom. The molecular weight excluding hydrogens is 182 g/mol. The monoisotopic (exact) mass is 193 g/mol. The summed E-state index contributed by atoms with van der Waals surface area (Å²) < 4.78 is 0. The second-order valence-electron chi connectivity index (χ2n) is 3.04. The smallest absolute Gasteiger partial charge is 0.275 e. The van der Waals surface area contributed by atoms with E-state index < -0.39 is 4.92 Å². The summed E-state index contributed by atoms with van der Waals surface area (Å²) in [4.78, 5) is 10.3. The van der Waals surface area contributed by atoms with Crippen molar-refractivity contribution in [1.29, 1.82) is 5.41 Å². The first kappa shape index (κ1) is 10.2. The fourth-order valence-electron chi connectivity index (χ4n) is 1.33. The van der Waals surface area contributed by atoms with E-state index in [9.17, 15) is 10.1 Å². The number of amidine groups is 1. The van der Waals surface area contributed by atoms with Crippen molar-refractivity contribution in [3.63, 3.8) is 0 Å². The normalized spacial score (nSPS) is 9.79. The summed E-state index contributed by atoms with van der Waals surface area (Å²) in [6.45, 7) is 1.67. The molecular formula is C9H11N3O2. The van der Waals surface area contributed by atoms with Gasteiger partial charge in [0.15, 0.2) is 0 Å². The predicted octanol–water partition coefficient (Wildman–Crippen LogP) is 1.38. The maximum absolute atomic E-state index is 10.7. The first-order valence-corrected chi connectivity index (χ1v) is 4.08. The molecule has 3 N–H and O–H groups in total. The van der Waals surface area contributed by atoms with Crippen LogP contribution in [0.5, 0.6) is 0 Å². The lowest BCUT2D eigenvalue weighted by molar-refractivity contribution is -0.386. The Kier molecular flexibility index (Phi) is 2.81. The van der Waals surface area contributed by atoms with Crippen molar-refractivity contribution in [2.24, 2.45) is 5.73 Å². The Labute approximate surface area is 81.2 Å². The van der Waals surface area contributed by atoms with Gasteiger partial charge in [0.1, 0.15) is 0 Å². The number of nitrogens with two attached hydrogens (primary N) is 1. The number of nitro groups is 1. The zero-order valence-corrected chi connectivity index (χ0v) is 7.78. The van der Waals surface area contributed by atoms with E-state index >= 15 is 0 Å². The molecule has 1 aromatic carbocycles. The molecule has 0 heterocycles. The first-order valence-electron chi connectivity index (χ1n) is 4.08. The highest BCUT2D eigenvalue weighted by Crippen LogP contribution is 2.23. The predicted molar refractivity (Wildman–Crippen MR) is 53.5 cm³/mol. The lowest BCUT2D eigenvalue weighted by atomic mass is 10.1. The zero-order chi connectivity index (χ0) is 10.7. The zero-order valence-electron chi connectivity index (χ0n) is 7.78. The average molecular weight is 193 g/mol. The van der Waals surface area contributed by atoms with E-state index in [-0.39, 0.29) is 17.9 Å². The molecule has 0 unspecified atom stereocenters. The van der Waals surface area contributed by atoms with Gasteiger partial charge in [0, 0.05) is 17.5 Å². The van der Waals surface area contributed by atoms with Crippen molar-refractivity contribution in [3.05, 3.63) is 39.4 Å². The Hall–Kier alpha value is -1.91. The van der Waals surface area contributed by atoms with Crippen LogP contribution in [0.1, 0.15) is 11.1 Å². The van der Waals surface area contributed by atoms with Gasteiger partial charge >= 0.3 is 0 Å². The van der Waals surface area contributed by atoms with Crippen molar-refractivity contribution >= 4 is 11.5 Å². The van der Waals surface area contributed by atoms with E-state index in [2.05, 4.69) is 0 Å². The third kappa shape index (κ3) is 2.07. The minimum atomic E-state index is -0.437. The number of hydrogen-bond donors (Lipinski definition) is 2. The minimum absolute atomic E-state index is 0.0581. The summed E-state index contributed by atoms with van der Waals surface area (Å²) in [7, 11) is 0. The van der Waals surface area contributed by atoms with Crippen molar-refractivity contribution < 1.29 is 4.92 Å². The maximum atomic E-state index is 10.7. The molecule has 0 radical (unpaired) electrons. The molecule has 1 rings (SSSR count). The van der Waals surface area contributed by atoms with Crippen molar-refractivity contribution in [2.45, 2.75) is 13.3 Å². The second-order valence-corrected chi connectivity index (χ2v) is 3.04. The average Bonchev–Trinajstić information content (AvgIpc) is 2.01. The number of nitrogens with zero attached hydrogens (tertiary/aromatic N) is 1. The van der Waals surface area contributed by atoms with Gasteiger partial charge in [0.25, 0.3) is 5.69 Å². The summed E-state index contributed by atoms with van der Waals surface area (Å²) >= 11 is 0. The highest BCUT2D eigenvalue weighted by Gasteiger charge is 2.16. The van der Waals surface area contributed by atoms with Gasteiger partial charge in [0.05, 0.1) is 10.8 Å². The van der Waals surface area contributed by atoms with Crippen LogP contribution in [0.4, 0.5) is 5.69 Å². The number of nitro benzene ring substituents is 1. The summed E-state index contributed by atoms with van der Waals surface area (Å²) in [5, 5.41) is 17.8. The van der Waals surface area contributed by atoms with Crippen LogP contribution in [0.2, 0.25) is 0 Å². The Morgan fingerprint density at radius 2 is 2.29 bits per heavy atom. The van der Waals surface area contributed by atoms with Gasteiger partial charge in [-0.25, -0.2) is 0 Å². The van der Waals surface area contributed by atoms with Crippen LogP contribution in [0.15, 0.2) is 18.2 Å². The van der Waals surface area contributed by atoms with Crippen molar-refractivity contribution in [1.82, 2.24) is 0 Å². The number of aryl methyl sites for hydroxylation is 1. The first-order chi connectivity index (χ1) is 6.52. The number of hydrogen-bond acceptors (Lipinski definition) is 3. The van der Waals surface area contributed by atoms with Gasteiger partial charge in [0.2, 0.25) is 0 Å². The number of nitrogens with one attached hydrogen (secondary N) is 1. The van der Waals surface area contributed by atoms with Crippen LogP contribution >= 0.6 is 0 Å². The quantitative estimate of drug-likeness (QED) is 0.328. The molecule has 0 aliphatic rings. The Bertz CT molecular complexity index is 388. The van der Waals surface area contributed by atoms with Gasteiger partial charge < -0.3 is 5.73 Å². The molecule has 0 amide bonds. The topological polar surface area (TPSA) is 93.0 Å². The van der Waals surface area contributed by atoms with Crippen molar-refractivity contribution in [2.75, 3.05) is 0 Å². The third-order valence-electron chi connectivity index (χ3n) is 1.88. The van der Waals surface area contributed by atoms with Crippen LogP contribution in [0.25, 0.3) is 0 Å². The molecule has 5 heteroatoms. The third-order valence-corrected chi connectivity index (χ3v) is 1.88. The second kappa shape index (κ2) is 3.87. The van der Waals surface area contributed by atoms with E-state index in [0.717, 1.165) is 0 Å². The van der Waals surface area contributed by atoms with Gasteiger partial charge in [-0.2, -0.15) is 0 Å². The fourth-order valence-corrected chi connectivity index (χ4v) is 1.33. The molecule has 0 saturated heterocycles. The Morgan fingerprint density at radius 1 is 1.64 bits per heavy atom. The molecule has 14 heavy (non-hydrogen) atoms. The molecule has 74 valence electrons. The molecule has 1 aromatic rings. The van der Waals surface area contributed by atoms with E-state index in [4.69, 9.17) is 11.1 Å². The summed E-state index contributed by atoms with van der Waals surface area (Å²) in [5.41, 5.74) is 6.34. The lowest BCUT2D eigenvalue weighted by Gasteiger charge is -2.03. The van der Waals surface area contributed by atoms with Gasteiger partial charge in [-0.1, -0.05) is 18.2 Å². The fraction of sp³-hybridized carbons (Fsp3) is 0.222. The molecule has 0 aromatic heterocycles. The van der Waals surface area contributed by atoms with Crippen LogP contribution in [-0.4, -0.2) is 10.8 Å². The number of para-hydroxylation sites is 1. The van der Waals surface area contributed by atoms with E-state index in [1.54, 1.807) is 25.1 Å². The van der Waals surface area contributed by atoms with E-state index in [1.807, 2.05) is 0 Å².